The highest BCUT2D eigenvalue weighted by molar-refractivity contribution is 5.67. The van der Waals surface area contributed by atoms with E-state index in [-0.39, 0.29) is 28.9 Å². The highest BCUT2D eigenvalue weighted by Gasteiger charge is 2.65. The van der Waals surface area contributed by atoms with Crippen LogP contribution in [-0.4, -0.2) is 23.6 Å². The van der Waals surface area contributed by atoms with E-state index in [1.165, 1.54) is 19.4 Å². The molecule has 0 saturated heterocycles. The van der Waals surface area contributed by atoms with Gasteiger partial charge in [0.1, 0.15) is 6.10 Å². The molecular weight excluding hydrogens is 364 g/mol. The second-order valence-electron chi connectivity index (χ2n) is 10.3. The lowest BCUT2D eigenvalue weighted by atomic mass is 9.47. The van der Waals surface area contributed by atoms with Crippen LogP contribution in [0.25, 0.3) is 0 Å². The predicted molar refractivity (Wildman–Crippen MR) is 111 cm³/mol. The Labute approximate surface area is 174 Å². The Kier molecular flexibility index (Phi) is 4.88. The zero-order valence-corrected chi connectivity index (χ0v) is 18.3. The van der Waals surface area contributed by atoms with Gasteiger partial charge in [-0.1, -0.05) is 31.4 Å². The zero-order valence-electron chi connectivity index (χ0n) is 18.3. The van der Waals surface area contributed by atoms with Crippen molar-refractivity contribution in [2.45, 2.75) is 90.8 Å². The molecule has 3 saturated carbocycles. The van der Waals surface area contributed by atoms with Crippen LogP contribution in [0.5, 0.6) is 0 Å². The summed E-state index contributed by atoms with van der Waals surface area (Å²) in [6, 6.07) is 0. The normalized spacial score (nSPS) is 45.7. The van der Waals surface area contributed by atoms with Crippen LogP contribution in [0.3, 0.4) is 0 Å². The molecule has 0 N–H and O–H groups in total. The van der Waals surface area contributed by atoms with Gasteiger partial charge in [0.2, 0.25) is 0 Å². The van der Waals surface area contributed by atoms with Crippen LogP contribution < -0.4 is 0 Å². The first-order valence-corrected chi connectivity index (χ1v) is 11.2. The Morgan fingerprint density at radius 2 is 1.79 bits per heavy atom. The second-order valence-corrected chi connectivity index (χ2v) is 10.3. The quantitative estimate of drug-likeness (QED) is 0.380. The first-order chi connectivity index (χ1) is 13.6. The first kappa shape index (κ1) is 20.5. The standard InChI is InChI=1S/C25H34O4/c1-6-25(29-17(3)27)14-11-22-20-8-7-18-15-19(28-16(2)26)9-12-23(18,4)21(20)10-13-24(22,25)5/h1,7,19-22H,8-15H2,2-5H3/t19-,20-,21-,22-,23+,24-,25+/m1/s1. The number of rotatable bonds is 2. The minimum absolute atomic E-state index is 0.0294. The Morgan fingerprint density at radius 1 is 1.07 bits per heavy atom. The lowest BCUT2D eigenvalue weighted by Crippen LogP contribution is -2.55. The molecular formula is C25H34O4. The van der Waals surface area contributed by atoms with E-state index in [0.29, 0.717) is 17.8 Å². The third-order valence-electron chi connectivity index (χ3n) is 9.06. The largest absolute Gasteiger partial charge is 0.462 e. The second kappa shape index (κ2) is 6.89. The van der Waals surface area contributed by atoms with Crippen LogP contribution in [0.2, 0.25) is 0 Å². The summed E-state index contributed by atoms with van der Waals surface area (Å²) in [4.78, 5) is 23.3. The molecule has 0 unspecified atom stereocenters. The minimum Gasteiger partial charge on any atom is -0.462 e. The zero-order chi connectivity index (χ0) is 21.0. The number of hydrogen-bond donors (Lipinski definition) is 0. The van der Waals surface area contributed by atoms with Crippen molar-refractivity contribution in [3.05, 3.63) is 11.6 Å². The summed E-state index contributed by atoms with van der Waals surface area (Å²) in [5.41, 5.74) is 0.766. The third kappa shape index (κ3) is 2.95. The number of esters is 2. The van der Waals surface area contributed by atoms with Crippen LogP contribution in [0, 0.1) is 40.9 Å². The van der Waals surface area contributed by atoms with E-state index in [2.05, 4.69) is 25.8 Å². The fourth-order valence-corrected chi connectivity index (χ4v) is 7.64. The van der Waals surface area contributed by atoms with Gasteiger partial charge >= 0.3 is 11.9 Å². The van der Waals surface area contributed by atoms with Crippen LogP contribution in [0.4, 0.5) is 0 Å². The summed E-state index contributed by atoms with van der Waals surface area (Å²) < 4.78 is 11.4. The molecule has 0 aliphatic heterocycles. The molecule has 0 heterocycles. The van der Waals surface area contributed by atoms with Crippen LogP contribution >= 0.6 is 0 Å². The fraction of sp³-hybridized carbons (Fsp3) is 0.760. The van der Waals surface area contributed by atoms with Crippen molar-refractivity contribution in [2.24, 2.45) is 28.6 Å². The molecule has 29 heavy (non-hydrogen) atoms. The van der Waals surface area contributed by atoms with E-state index >= 15 is 0 Å². The van der Waals surface area contributed by atoms with Crippen molar-refractivity contribution >= 4 is 11.9 Å². The summed E-state index contributed by atoms with van der Waals surface area (Å²) in [6.07, 6.45) is 16.3. The maximum atomic E-state index is 11.8. The SMILES string of the molecule is C#C[C@]1(OC(C)=O)CC[C@@H]2[C@@H]3CC=C4C[C@H](OC(C)=O)CC[C@]4(C)[C@@H]3CC[C@]21C. The van der Waals surface area contributed by atoms with Gasteiger partial charge in [0.25, 0.3) is 0 Å². The molecule has 4 aliphatic carbocycles. The van der Waals surface area contributed by atoms with Crippen molar-refractivity contribution in [2.75, 3.05) is 0 Å². The van der Waals surface area contributed by atoms with Crippen molar-refractivity contribution in [1.29, 1.82) is 0 Å². The Balaban J connectivity index is 1.61. The van der Waals surface area contributed by atoms with E-state index in [9.17, 15) is 9.59 Å². The Bertz CT molecular complexity index is 791. The van der Waals surface area contributed by atoms with Gasteiger partial charge in [-0.3, -0.25) is 9.59 Å². The smallest absolute Gasteiger partial charge is 0.304 e. The summed E-state index contributed by atoms with van der Waals surface area (Å²) >= 11 is 0. The Hall–Kier alpha value is -1.76. The van der Waals surface area contributed by atoms with E-state index < -0.39 is 5.60 Å². The topological polar surface area (TPSA) is 52.6 Å². The molecule has 0 amide bonds. The maximum Gasteiger partial charge on any atom is 0.304 e. The van der Waals surface area contributed by atoms with Crippen LogP contribution in [0.1, 0.15) is 79.1 Å². The van der Waals surface area contributed by atoms with E-state index in [1.54, 1.807) is 0 Å². The molecule has 3 fully saturated rings. The Morgan fingerprint density at radius 3 is 2.45 bits per heavy atom. The molecule has 0 aromatic heterocycles. The fourth-order valence-electron chi connectivity index (χ4n) is 7.64. The highest BCUT2D eigenvalue weighted by atomic mass is 16.6. The number of carbonyl (C=O) groups is 2. The van der Waals surface area contributed by atoms with Gasteiger partial charge in [-0.25, -0.2) is 0 Å². The third-order valence-corrected chi connectivity index (χ3v) is 9.06. The summed E-state index contributed by atoms with van der Waals surface area (Å²) in [5, 5.41) is 0. The van der Waals surface area contributed by atoms with E-state index in [4.69, 9.17) is 15.9 Å². The number of carbonyl (C=O) groups excluding carboxylic acids is 2. The van der Waals surface area contributed by atoms with Gasteiger partial charge in [-0.2, -0.15) is 0 Å². The van der Waals surface area contributed by atoms with Crippen LogP contribution in [0.15, 0.2) is 11.6 Å². The van der Waals surface area contributed by atoms with Crippen molar-refractivity contribution in [3.63, 3.8) is 0 Å². The minimum atomic E-state index is -0.758. The number of terminal acetylenes is 1. The molecule has 7 atom stereocenters. The number of hydrogen-bond acceptors (Lipinski definition) is 4. The molecule has 4 heteroatoms. The van der Waals surface area contributed by atoms with Gasteiger partial charge < -0.3 is 9.47 Å². The number of fused-ring (bicyclic) bond motifs is 5. The lowest BCUT2D eigenvalue weighted by Gasteiger charge is -2.58. The van der Waals surface area contributed by atoms with Gasteiger partial charge in [0, 0.05) is 25.7 Å². The predicted octanol–water partition coefficient (Wildman–Crippen LogP) is 4.82. The summed E-state index contributed by atoms with van der Waals surface area (Å²) in [7, 11) is 0. The van der Waals surface area contributed by atoms with Crippen molar-refractivity contribution in [1.82, 2.24) is 0 Å². The van der Waals surface area contributed by atoms with E-state index in [1.807, 2.05) is 0 Å². The molecule has 4 aliphatic rings. The molecule has 0 spiro atoms. The molecule has 4 rings (SSSR count). The van der Waals surface area contributed by atoms with Gasteiger partial charge in [-0.05, 0) is 68.1 Å². The summed E-state index contributed by atoms with van der Waals surface area (Å²) in [6.45, 7) is 7.67. The summed E-state index contributed by atoms with van der Waals surface area (Å²) in [5.74, 6) is 4.17. The first-order valence-electron chi connectivity index (χ1n) is 11.2. The van der Waals surface area contributed by atoms with Crippen molar-refractivity contribution < 1.29 is 19.1 Å². The monoisotopic (exact) mass is 398 g/mol. The molecule has 0 radical (unpaired) electrons. The van der Waals surface area contributed by atoms with Gasteiger partial charge in [0.05, 0.1) is 0 Å². The highest BCUT2D eigenvalue weighted by Crippen LogP contribution is 2.67. The average Bonchev–Trinajstić information content (AvgIpc) is 2.94. The average molecular weight is 399 g/mol. The molecule has 4 nitrogen and oxygen atoms in total. The van der Waals surface area contributed by atoms with Crippen LogP contribution in [-0.2, 0) is 19.1 Å². The number of allylic oxidation sites excluding steroid dienone is 1. The van der Waals surface area contributed by atoms with Crippen molar-refractivity contribution in [3.8, 4) is 12.3 Å². The molecule has 0 bridgehead atoms. The van der Waals surface area contributed by atoms with E-state index in [0.717, 1.165) is 51.4 Å². The van der Waals surface area contributed by atoms with Gasteiger partial charge in [0.15, 0.2) is 5.60 Å². The molecule has 158 valence electrons. The van der Waals surface area contributed by atoms with Gasteiger partial charge in [-0.15, -0.1) is 6.42 Å². The molecule has 0 aromatic rings. The maximum absolute atomic E-state index is 11.8. The number of ether oxygens (including phenoxy) is 2. The molecule has 0 aromatic carbocycles. The lowest BCUT2D eigenvalue weighted by molar-refractivity contribution is -0.168.